The number of nitrogens with one attached hydrogen (secondary N) is 1. The molecule has 1 aromatic carbocycles. The summed E-state index contributed by atoms with van der Waals surface area (Å²) >= 11 is 7.93. The van der Waals surface area contributed by atoms with Crippen LogP contribution in [0, 0.1) is 0 Å². The van der Waals surface area contributed by atoms with Gasteiger partial charge in [0.05, 0.1) is 0 Å². The molecule has 1 nitrogen and oxygen atoms in total. The van der Waals surface area contributed by atoms with E-state index < -0.39 is 0 Å². The van der Waals surface area contributed by atoms with E-state index >= 15 is 0 Å². The van der Waals surface area contributed by atoms with E-state index in [2.05, 4.69) is 29.2 Å². The summed E-state index contributed by atoms with van der Waals surface area (Å²) < 4.78 is 0. The Morgan fingerprint density at radius 3 is 2.88 bits per heavy atom. The first-order chi connectivity index (χ1) is 7.84. The van der Waals surface area contributed by atoms with Crippen LogP contribution in [0.1, 0.15) is 24.8 Å². The molecule has 16 heavy (non-hydrogen) atoms. The summed E-state index contributed by atoms with van der Waals surface area (Å²) in [5.41, 5.74) is 1.37. The zero-order chi connectivity index (χ0) is 11.2. The third kappa shape index (κ3) is 4.00. The van der Waals surface area contributed by atoms with Crippen LogP contribution in [0.5, 0.6) is 0 Å². The predicted octanol–water partition coefficient (Wildman–Crippen LogP) is 3.72. The SMILES string of the molecule is Clc1ccc(CSC2CCCCNC2)cc1. The Hall–Kier alpha value is -0.180. The first kappa shape index (κ1) is 12.3. The van der Waals surface area contributed by atoms with Crippen molar-refractivity contribution in [1.29, 1.82) is 0 Å². The van der Waals surface area contributed by atoms with E-state index in [1.807, 2.05) is 12.1 Å². The maximum atomic E-state index is 5.87. The highest BCUT2D eigenvalue weighted by Crippen LogP contribution is 2.23. The average molecular weight is 256 g/mol. The van der Waals surface area contributed by atoms with Gasteiger partial charge in [-0.25, -0.2) is 0 Å². The van der Waals surface area contributed by atoms with Gasteiger partial charge in [-0.3, -0.25) is 0 Å². The topological polar surface area (TPSA) is 12.0 Å². The molecule has 0 saturated carbocycles. The van der Waals surface area contributed by atoms with Crippen molar-refractivity contribution in [3.05, 3.63) is 34.9 Å². The molecule has 0 aliphatic carbocycles. The monoisotopic (exact) mass is 255 g/mol. The van der Waals surface area contributed by atoms with Gasteiger partial charge < -0.3 is 5.32 Å². The van der Waals surface area contributed by atoms with Gasteiger partial charge in [0, 0.05) is 22.6 Å². The molecule has 0 amide bonds. The van der Waals surface area contributed by atoms with Gasteiger partial charge >= 0.3 is 0 Å². The molecule has 1 heterocycles. The molecule has 1 unspecified atom stereocenters. The quantitative estimate of drug-likeness (QED) is 0.884. The Morgan fingerprint density at radius 2 is 2.06 bits per heavy atom. The Bertz CT molecular complexity index is 304. The summed E-state index contributed by atoms with van der Waals surface area (Å²) in [7, 11) is 0. The van der Waals surface area contributed by atoms with Crippen LogP contribution < -0.4 is 5.32 Å². The third-order valence-corrected chi connectivity index (χ3v) is 4.53. The van der Waals surface area contributed by atoms with Gasteiger partial charge in [-0.05, 0) is 37.1 Å². The van der Waals surface area contributed by atoms with E-state index in [9.17, 15) is 0 Å². The number of thioether (sulfide) groups is 1. The molecule has 0 radical (unpaired) electrons. The van der Waals surface area contributed by atoms with Crippen LogP contribution in [0.4, 0.5) is 0 Å². The second-order valence-corrected chi connectivity index (χ2v) is 5.98. The van der Waals surface area contributed by atoms with Crippen LogP contribution in [0.15, 0.2) is 24.3 Å². The fourth-order valence-electron chi connectivity index (χ4n) is 1.92. The lowest BCUT2D eigenvalue weighted by atomic mass is 10.2. The molecule has 0 aromatic heterocycles. The molecular formula is C13H18ClNS. The number of rotatable bonds is 3. The first-order valence-corrected chi connectivity index (χ1v) is 7.34. The number of hydrogen-bond acceptors (Lipinski definition) is 2. The molecule has 1 saturated heterocycles. The molecular weight excluding hydrogens is 238 g/mol. The minimum atomic E-state index is 0.776. The van der Waals surface area contributed by atoms with E-state index in [4.69, 9.17) is 11.6 Å². The molecule has 3 heteroatoms. The van der Waals surface area contributed by atoms with Crippen molar-refractivity contribution in [3.8, 4) is 0 Å². The van der Waals surface area contributed by atoms with Gasteiger partial charge in [0.15, 0.2) is 0 Å². The molecule has 0 spiro atoms. The molecule has 1 fully saturated rings. The Kier molecular flexibility index (Phi) is 5.01. The van der Waals surface area contributed by atoms with Gasteiger partial charge in [0.2, 0.25) is 0 Å². The summed E-state index contributed by atoms with van der Waals surface area (Å²) in [6, 6.07) is 8.20. The highest BCUT2D eigenvalue weighted by molar-refractivity contribution is 7.99. The minimum absolute atomic E-state index is 0.776. The van der Waals surface area contributed by atoms with E-state index in [0.717, 1.165) is 22.6 Å². The van der Waals surface area contributed by atoms with Crippen LogP contribution in [-0.2, 0) is 5.75 Å². The smallest absolute Gasteiger partial charge is 0.0406 e. The summed E-state index contributed by atoms with van der Waals surface area (Å²) in [4.78, 5) is 0. The van der Waals surface area contributed by atoms with Crippen molar-refractivity contribution in [2.45, 2.75) is 30.3 Å². The van der Waals surface area contributed by atoms with E-state index in [1.165, 1.54) is 31.4 Å². The van der Waals surface area contributed by atoms with Crippen LogP contribution in [0.3, 0.4) is 0 Å². The lowest BCUT2D eigenvalue weighted by Gasteiger charge is -2.13. The molecule has 1 aliphatic rings. The third-order valence-electron chi connectivity index (χ3n) is 2.90. The van der Waals surface area contributed by atoms with E-state index in [-0.39, 0.29) is 0 Å². The van der Waals surface area contributed by atoms with Gasteiger partial charge in [0.1, 0.15) is 0 Å². The Labute approximate surface area is 107 Å². The summed E-state index contributed by atoms with van der Waals surface area (Å²) in [6.07, 6.45) is 4.05. The van der Waals surface area contributed by atoms with Gasteiger partial charge in [0.25, 0.3) is 0 Å². The lowest BCUT2D eigenvalue weighted by Crippen LogP contribution is -2.22. The standard InChI is InChI=1S/C13H18ClNS/c14-12-6-4-11(5-7-12)10-16-13-3-1-2-8-15-9-13/h4-7,13,15H,1-3,8-10H2. The van der Waals surface area contributed by atoms with E-state index in [0.29, 0.717) is 0 Å². The predicted molar refractivity (Wildman–Crippen MR) is 73.3 cm³/mol. The van der Waals surface area contributed by atoms with Crippen molar-refractivity contribution < 1.29 is 0 Å². The van der Waals surface area contributed by atoms with Crippen molar-refractivity contribution in [1.82, 2.24) is 5.32 Å². The summed E-state index contributed by atoms with van der Waals surface area (Å²) in [6.45, 7) is 2.36. The average Bonchev–Trinajstić information content (AvgIpc) is 2.57. The molecule has 1 aromatic rings. The fraction of sp³-hybridized carbons (Fsp3) is 0.538. The van der Waals surface area contributed by atoms with Crippen molar-refractivity contribution in [2.75, 3.05) is 13.1 Å². The first-order valence-electron chi connectivity index (χ1n) is 5.91. The molecule has 88 valence electrons. The Morgan fingerprint density at radius 1 is 1.25 bits per heavy atom. The molecule has 1 N–H and O–H groups in total. The normalized spacial score (nSPS) is 21.7. The van der Waals surface area contributed by atoms with Gasteiger partial charge in [-0.2, -0.15) is 11.8 Å². The molecule has 2 rings (SSSR count). The highest BCUT2D eigenvalue weighted by atomic mass is 35.5. The minimum Gasteiger partial charge on any atom is -0.316 e. The molecule has 1 atom stereocenters. The van der Waals surface area contributed by atoms with Crippen molar-refractivity contribution in [2.24, 2.45) is 0 Å². The summed E-state index contributed by atoms with van der Waals surface area (Å²) in [5.74, 6) is 1.10. The van der Waals surface area contributed by atoms with E-state index in [1.54, 1.807) is 0 Å². The number of benzene rings is 1. The summed E-state index contributed by atoms with van der Waals surface area (Å²) in [5, 5.41) is 5.10. The van der Waals surface area contributed by atoms with Crippen LogP contribution >= 0.6 is 23.4 Å². The Balaban J connectivity index is 1.79. The number of hydrogen-bond donors (Lipinski definition) is 1. The molecule has 1 aliphatic heterocycles. The zero-order valence-corrected chi connectivity index (χ0v) is 11.0. The largest absolute Gasteiger partial charge is 0.316 e. The maximum Gasteiger partial charge on any atom is 0.0406 e. The van der Waals surface area contributed by atoms with Gasteiger partial charge in [-0.1, -0.05) is 30.2 Å². The van der Waals surface area contributed by atoms with Crippen LogP contribution in [0.2, 0.25) is 5.02 Å². The van der Waals surface area contributed by atoms with Gasteiger partial charge in [-0.15, -0.1) is 0 Å². The lowest BCUT2D eigenvalue weighted by molar-refractivity contribution is 0.706. The maximum absolute atomic E-state index is 5.87. The van der Waals surface area contributed by atoms with Crippen molar-refractivity contribution >= 4 is 23.4 Å². The van der Waals surface area contributed by atoms with Crippen LogP contribution in [0.25, 0.3) is 0 Å². The molecule has 0 bridgehead atoms. The second-order valence-electron chi connectivity index (χ2n) is 4.26. The van der Waals surface area contributed by atoms with Crippen LogP contribution in [-0.4, -0.2) is 18.3 Å². The number of halogens is 1. The zero-order valence-electron chi connectivity index (χ0n) is 9.42. The fourth-order valence-corrected chi connectivity index (χ4v) is 3.24. The van der Waals surface area contributed by atoms with Crippen molar-refractivity contribution in [3.63, 3.8) is 0 Å². The highest BCUT2D eigenvalue weighted by Gasteiger charge is 2.11. The second kappa shape index (κ2) is 6.53.